The molecule has 0 saturated carbocycles. The Labute approximate surface area is 160 Å². The molecule has 142 valence electrons. The van der Waals surface area contributed by atoms with Gasteiger partial charge >= 0.3 is 0 Å². The van der Waals surface area contributed by atoms with Gasteiger partial charge in [-0.05, 0) is 49.9 Å². The molecule has 1 fully saturated rings. The smallest absolute Gasteiger partial charge is 0.244 e. The summed E-state index contributed by atoms with van der Waals surface area (Å²) in [5, 5.41) is 2.90. The second-order valence-electron chi connectivity index (χ2n) is 6.99. The second kappa shape index (κ2) is 8.71. The number of para-hydroxylation sites is 3. The molecule has 5 heteroatoms. The first-order chi connectivity index (χ1) is 13.0. The molecule has 0 spiro atoms. The number of amides is 2. The van der Waals surface area contributed by atoms with Gasteiger partial charge in [0.1, 0.15) is 5.75 Å². The maximum atomic E-state index is 12.5. The van der Waals surface area contributed by atoms with Crippen molar-refractivity contribution in [2.24, 2.45) is 0 Å². The number of hydrogen-bond donors (Lipinski definition) is 1. The van der Waals surface area contributed by atoms with E-state index >= 15 is 0 Å². The van der Waals surface area contributed by atoms with Crippen LogP contribution in [0.5, 0.6) is 11.5 Å². The van der Waals surface area contributed by atoms with E-state index in [1.807, 2.05) is 56.3 Å². The zero-order valence-corrected chi connectivity index (χ0v) is 16.0. The predicted molar refractivity (Wildman–Crippen MR) is 106 cm³/mol. The molecule has 0 radical (unpaired) electrons. The van der Waals surface area contributed by atoms with Gasteiger partial charge in [-0.1, -0.05) is 36.8 Å². The van der Waals surface area contributed by atoms with Crippen LogP contribution in [0, 0.1) is 13.8 Å². The predicted octanol–water partition coefficient (Wildman–Crippen LogP) is 4.44. The summed E-state index contributed by atoms with van der Waals surface area (Å²) in [6.07, 6.45) is 3.42. The molecule has 2 amide bonds. The van der Waals surface area contributed by atoms with Gasteiger partial charge in [-0.25, -0.2) is 0 Å². The van der Waals surface area contributed by atoms with Gasteiger partial charge in [-0.3, -0.25) is 9.59 Å². The lowest BCUT2D eigenvalue weighted by Gasteiger charge is -2.20. The summed E-state index contributed by atoms with van der Waals surface area (Å²) in [4.78, 5) is 26.3. The summed E-state index contributed by atoms with van der Waals surface area (Å²) >= 11 is 0. The van der Waals surface area contributed by atoms with Crippen molar-refractivity contribution in [1.82, 2.24) is 4.90 Å². The van der Waals surface area contributed by atoms with Gasteiger partial charge in [0.05, 0.1) is 12.2 Å². The van der Waals surface area contributed by atoms with Gasteiger partial charge < -0.3 is 15.0 Å². The van der Waals surface area contributed by atoms with Crippen molar-refractivity contribution in [3.8, 4) is 11.5 Å². The number of aryl methyl sites for hydroxylation is 2. The quantitative estimate of drug-likeness (QED) is 0.851. The first-order valence-electron chi connectivity index (χ1n) is 9.45. The molecule has 0 bridgehead atoms. The fraction of sp³-hybridized carbons (Fsp3) is 0.364. The Bertz CT molecular complexity index is 812. The molecule has 1 N–H and O–H groups in total. The number of rotatable bonds is 5. The van der Waals surface area contributed by atoms with E-state index in [1.165, 1.54) is 0 Å². The van der Waals surface area contributed by atoms with Crippen molar-refractivity contribution >= 4 is 17.5 Å². The van der Waals surface area contributed by atoms with Crippen LogP contribution in [-0.4, -0.2) is 29.8 Å². The van der Waals surface area contributed by atoms with Crippen molar-refractivity contribution < 1.29 is 14.3 Å². The Morgan fingerprint density at radius 3 is 2.56 bits per heavy atom. The number of nitrogens with one attached hydrogen (secondary N) is 1. The van der Waals surface area contributed by atoms with E-state index in [-0.39, 0.29) is 18.4 Å². The highest BCUT2D eigenvalue weighted by atomic mass is 16.5. The van der Waals surface area contributed by atoms with Crippen LogP contribution < -0.4 is 10.1 Å². The topological polar surface area (TPSA) is 58.6 Å². The lowest BCUT2D eigenvalue weighted by atomic mass is 10.1. The minimum absolute atomic E-state index is 0.0581. The third kappa shape index (κ3) is 4.88. The summed E-state index contributed by atoms with van der Waals surface area (Å²) in [6, 6.07) is 13.3. The monoisotopic (exact) mass is 366 g/mol. The normalized spacial score (nSPS) is 14.6. The molecule has 0 atom stereocenters. The molecule has 2 aromatic rings. The number of anilines is 1. The third-order valence-corrected chi connectivity index (χ3v) is 4.79. The van der Waals surface area contributed by atoms with E-state index in [4.69, 9.17) is 4.74 Å². The van der Waals surface area contributed by atoms with Crippen LogP contribution in [0.3, 0.4) is 0 Å². The van der Waals surface area contributed by atoms with Gasteiger partial charge in [0.25, 0.3) is 0 Å². The van der Waals surface area contributed by atoms with Crippen LogP contribution in [-0.2, 0) is 9.59 Å². The third-order valence-electron chi connectivity index (χ3n) is 4.79. The van der Waals surface area contributed by atoms with Gasteiger partial charge in [0.15, 0.2) is 5.75 Å². The molecule has 1 heterocycles. The Balaban J connectivity index is 1.72. The van der Waals surface area contributed by atoms with E-state index in [2.05, 4.69) is 5.32 Å². The zero-order chi connectivity index (χ0) is 19.2. The lowest BCUT2D eigenvalue weighted by molar-refractivity contribution is -0.134. The molecular formula is C22H26N2O3. The van der Waals surface area contributed by atoms with Crippen molar-refractivity contribution in [2.45, 2.75) is 39.5 Å². The number of likely N-dealkylation sites (tertiary alicyclic amines) is 1. The van der Waals surface area contributed by atoms with Gasteiger partial charge in [0, 0.05) is 13.0 Å². The molecule has 1 saturated heterocycles. The number of benzene rings is 2. The maximum absolute atomic E-state index is 12.5. The first-order valence-corrected chi connectivity index (χ1v) is 9.45. The summed E-state index contributed by atoms with van der Waals surface area (Å²) in [5.41, 5.74) is 2.67. The van der Waals surface area contributed by atoms with Crippen molar-refractivity contribution in [1.29, 1.82) is 0 Å². The molecular weight excluding hydrogens is 340 g/mol. The second-order valence-corrected chi connectivity index (χ2v) is 6.99. The summed E-state index contributed by atoms with van der Waals surface area (Å²) in [5.74, 6) is 1.23. The number of carbonyl (C=O) groups excluding carboxylic acids is 2. The van der Waals surface area contributed by atoms with Gasteiger partial charge in [0.2, 0.25) is 11.8 Å². The van der Waals surface area contributed by atoms with E-state index in [0.717, 1.165) is 36.1 Å². The molecule has 0 aromatic heterocycles. The van der Waals surface area contributed by atoms with Crippen LogP contribution >= 0.6 is 0 Å². The Hall–Kier alpha value is -2.82. The first kappa shape index (κ1) is 19.0. The molecule has 1 aliphatic heterocycles. The largest absolute Gasteiger partial charge is 0.455 e. The minimum Gasteiger partial charge on any atom is -0.455 e. The Morgan fingerprint density at radius 1 is 1.04 bits per heavy atom. The maximum Gasteiger partial charge on any atom is 0.244 e. The SMILES string of the molecule is Cc1cccc(C)c1Oc1ccccc1NC(=O)CN1CCCCCC1=O. The van der Waals surface area contributed by atoms with Crippen LogP contribution in [0.25, 0.3) is 0 Å². The summed E-state index contributed by atoms with van der Waals surface area (Å²) in [6.45, 7) is 4.71. The van der Waals surface area contributed by atoms with E-state index < -0.39 is 0 Å². The van der Waals surface area contributed by atoms with E-state index in [0.29, 0.717) is 24.4 Å². The lowest BCUT2D eigenvalue weighted by Crippen LogP contribution is -2.37. The fourth-order valence-corrected chi connectivity index (χ4v) is 3.30. The number of nitrogens with zero attached hydrogens (tertiary/aromatic N) is 1. The highest BCUT2D eigenvalue weighted by Gasteiger charge is 2.20. The minimum atomic E-state index is -0.206. The highest BCUT2D eigenvalue weighted by molar-refractivity contribution is 5.95. The number of ether oxygens (including phenoxy) is 1. The van der Waals surface area contributed by atoms with Crippen LogP contribution in [0.1, 0.15) is 36.8 Å². The highest BCUT2D eigenvalue weighted by Crippen LogP contribution is 2.33. The number of carbonyl (C=O) groups is 2. The molecule has 1 aliphatic rings. The molecule has 2 aromatic carbocycles. The molecule has 3 rings (SSSR count). The average molecular weight is 366 g/mol. The van der Waals surface area contributed by atoms with Crippen molar-refractivity contribution in [3.05, 3.63) is 53.6 Å². The van der Waals surface area contributed by atoms with Crippen LogP contribution in [0.15, 0.2) is 42.5 Å². The van der Waals surface area contributed by atoms with E-state index in [1.54, 1.807) is 4.90 Å². The molecule has 5 nitrogen and oxygen atoms in total. The zero-order valence-electron chi connectivity index (χ0n) is 16.0. The van der Waals surface area contributed by atoms with Gasteiger partial charge in [-0.15, -0.1) is 0 Å². The summed E-state index contributed by atoms with van der Waals surface area (Å²) < 4.78 is 6.11. The van der Waals surface area contributed by atoms with Crippen molar-refractivity contribution in [2.75, 3.05) is 18.4 Å². The van der Waals surface area contributed by atoms with Crippen molar-refractivity contribution in [3.63, 3.8) is 0 Å². The summed E-state index contributed by atoms with van der Waals surface area (Å²) in [7, 11) is 0. The molecule has 0 unspecified atom stereocenters. The Morgan fingerprint density at radius 2 is 1.78 bits per heavy atom. The fourth-order valence-electron chi connectivity index (χ4n) is 3.30. The Kier molecular flexibility index (Phi) is 6.12. The number of hydrogen-bond acceptors (Lipinski definition) is 3. The molecule has 0 aliphatic carbocycles. The standard InChI is InChI=1S/C22H26N2O3/c1-16-9-8-10-17(2)22(16)27-19-12-6-5-11-18(19)23-20(25)15-24-14-7-3-4-13-21(24)26/h5-6,8-12H,3-4,7,13-15H2,1-2H3,(H,23,25). The average Bonchev–Trinajstić information content (AvgIpc) is 2.84. The molecule has 27 heavy (non-hydrogen) atoms. The van der Waals surface area contributed by atoms with Gasteiger partial charge in [-0.2, -0.15) is 0 Å². The van der Waals surface area contributed by atoms with Crippen LogP contribution in [0.4, 0.5) is 5.69 Å². The van der Waals surface area contributed by atoms with E-state index in [9.17, 15) is 9.59 Å². The van der Waals surface area contributed by atoms with Crippen LogP contribution in [0.2, 0.25) is 0 Å².